The minimum absolute atomic E-state index is 0.0372. The standard InChI is InChI=1S/C17H22F2N4/c1-9-7-10(2)16-20-11(3)8-23(16)14(9)13-12(4)15(17(5,18)19)22(6)21-13/h7,11H,8H2,1-6H3. The van der Waals surface area contributed by atoms with Crippen molar-refractivity contribution in [2.45, 2.75) is 46.6 Å². The predicted octanol–water partition coefficient (Wildman–Crippen LogP) is 3.63. The lowest BCUT2D eigenvalue weighted by Crippen LogP contribution is -2.31. The molecule has 1 aromatic rings. The van der Waals surface area contributed by atoms with Crippen molar-refractivity contribution in [3.63, 3.8) is 0 Å². The van der Waals surface area contributed by atoms with Gasteiger partial charge in [-0.1, -0.05) is 6.08 Å². The lowest BCUT2D eigenvalue weighted by molar-refractivity contribution is 0.00818. The highest BCUT2D eigenvalue weighted by Crippen LogP contribution is 2.38. The molecule has 0 saturated carbocycles. The lowest BCUT2D eigenvalue weighted by atomic mass is 9.99. The summed E-state index contributed by atoms with van der Waals surface area (Å²) < 4.78 is 29.1. The van der Waals surface area contributed by atoms with Gasteiger partial charge >= 0.3 is 0 Å². The molecule has 6 heteroatoms. The van der Waals surface area contributed by atoms with E-state index >= 15 is 0 Å². The SMILES string of the molecule is CC1=CC(C)=C(c2nn(C)c(C(C)(F)F)c2C)N2CC(C)N=C12. The molecule has 2 aliphatic rings. The number of allylic oxidation sites excluding steroid dienone is 2. The van der Waals surface area contributed by atoms with E-state index in [9.17, 15) is 8.78 Å². The van der Waals surface area contributed by atoms with Crippen molar-refractivity contribution in [2.24, 2.45) is 12.0 Å². The minimum atomic E-state index is -2.92. The van der Waals surface area contributed by atoms with Crippen LogP contribution in [0.1, 0.15) is 44.6 Å². The zero-order chi connectivity index (χ0) is 17.1. The van der Waals surface area contributed by atoms with E-state index in [4.69, 9.17) is 0 Å². The quantitative estimate of drug-likeness (QED) is 0.833. The third-order valence-electron chi connectivity index (χ3n) is 4.40. The first-order valence-corrected chi connectivity index (χ1v) is 7.78. The molecule has 0 N–H and O–H groups in total. The van der Waals surface area contributed by atoms with E-state index in [1.807, 2.05) is 13.8 Å². The number of alkyl halides is 2. The normalized spacial score (nSPS) is 21.6. The van der Waals surface area contributed by atoms with Crippen LogP contribution in [0.3, 0.4) is 0 Å². The lowest BCUT2D eigenvalue weighted by Gasteiger charge is -2.29. The highest BCUT2D eigenvalue weighted by atomic mass is 19.3. The van der Waals surface area contributed by atoms with Crippen LogP contribution >= 0.6 is 0 Å². The highest BCUT2D eigenvalue weighted by Gasteiger charge is 2.37. The fourth-order valence-corrected chi connectivity index (χ4v) is 3.64. The maximum atomic E-state index is 13.9. The summed E-state index contributed by atoms with van der Waals surface area (Å²) in [6.45, 7) is 9.47. The summed E-state index contributed by atoms with van der Waals surface area (Å²) >= 11 is 0. The van der Waals surface area contributed by atoms with Crippen molar-refractivity contribution in [3.8, 4) is 0 Å². The van der Waals surface area contributed by atoms with Crippen LogP contribution in [0.4, 0.5) is 8.78 Å². The van der Waals surface area contributed by atoms with Gasteiger partial charge in [-0.3, -0.25) is 9.67 Å². The van der Waals surface area contributed by atoms with Crippen LogP contribution in [-0.2, 0) is 13.0 Å². The second kappa shape index (κ2) is 5.01. The molecular formula is C17H22F2N4. The Kier molecular flexibility index (Phi) is 3.46. The van der Waals surface area contributed by atoms with Gasteiger partial charge in [0.25, 0.3) is 5.92 Å². The number of aromatic nitrogens is 2. The van der Waals surface area contributed by atoms with Gasteiger partial charge in [-0.05, 0) is 38.8 Å². The molecule has 3 heterocycles. The fraction of sp³-hybridized carbons (Fsp3) is 0.529. The van der Waals surface area contributed by atoms with Gasteiger partial charge in [0.2, 0.25) is 0 Å². The summed E-state index contributed by atoms with van der Waals surface area (Å²) in [6, 6.07) is 0.186. The van der Waals surface area contributed by atoms with Crippen molar-refractivity contribution in [3.05, 3.63) is 34.2 Å². The zero-order valence-corrected chi connectivity index (χ0v) is 14.4. The van der Waals surface area contributed by atoms with Crippen molar-refractivity contribution in [1.82, 2.24) is 14.7 Å². The molecule has 1 atom stereocenters. The predicted molar refractivity (Wildman–Crippen MR) is 87.5 cm³/mol. The van der Waals surface area contributed by atoms with Crippen molar-refractivity contribution in [1.29, 1.82) is 0 Å². The summed E-state index contributed by atoms with van der Waals surface area (Å²) in [6.07, 6.45) is 2.06. The highest BCUT2D eigenvalue weighted by molar-refractivity contribution is 6.07. The Morgan fingerprint density at radius 1 is 1.26 bits per heavy atom. The first kappa shape index (κ1) is 15.9. The molecule has 0 aliphatic carbocycles. The van der Waals surface area contributed by atoms with Crippen LogP contribution < -0.4 is 0 Å². The molecule has 124 valence electrons. The number of hydrogen-bond acceptors (Lipinski definition) is 3. The van der Waals surface area contributed by atoms with Gasteiger partial charge in [-0.25, -0.2) is 0 Å². The van der Waals surface area contributed by atoms with E-state index in [0.29, 0.717) is 11.3 Å². The summed E-state index contributed by atoms with van der Waals surface area (Å²) in [5, 5.41) is 4.41. The molecule has 0 fully saturated rings. The molecule has 4 nitrogen and oxygen atoms in total. The summed E-state index contributed by atoms with van der Waals surface area (Å²) in [7, 11) is 1.57. The van der Waals surface area contributed by atoms with Crippen LogP contribution in [0.2, 0.25) is 0 Å². The first-order chi connectivity index (χ1) is 10.6. The molecule has 23 heavy (non-hydrogen) atoms. The van der Waals surface area contributed by atoms with Crippen molar-refractivity contribution < 1.29 is 8.78 Å². The van der Waals surface area contributed by atoms with Crippen LogP contribution in [0, 0.1) is 6.92 Å². The van der Waals surface area contributed by atoms with Gasteiger partial charge in [0.05, 0.1) is 11.7 Å². The topological polar surface area (TPSA) is 33.4 Å². The Hall–Kier alpha value is -1.98. The smallest absolute Gasteiger partial charge is 0.286 e. The van der Waals surface area contributed by atoms with Gasteiger partial charge < -0.3 is 4.90 Å². The molecule has 3 rings (SSSR count). The number of nitrogens with zero attached hydrogens (tertiary/aromatic N) is 4. The van der Waals surface area contributed by atoms with Crippen LogP contribution in [-0.4, -0.2) is 33.1 Å². The Morgan fingerprint density at radius 3 is 2.48 bits per heavy atom. The van der Waals surface area contributed by atoms with Crippen LogP contribution in [0.5, 0.6) is 0 Å². The minimum Gasteiger partial charge on any atom is -0.322 e. The van der Waals surface area contributed by atoms with E-state index in [2.05, 4.69) is 28.0 Å². The molecule has 1 aromatic heterocycles. The Morgan fingerprint density at radius 2 is 1.91 bits per heavy atom. The molecule has 0 amide bonds. The maximum absolute atomic E-state index is 13.9. The second-order valence-electron chi connectivity index (χ2n) is 6.61. The van der Waals surface area contributed by atoms with Gasteiger partial charge in [0, 0.05) is 26.1 Å². The van der Waals surface area contributed by atoms with E-state index in [0.717, 1.165) is 36.1 Å². The van der Waals surface area contributed by atoms with E-state index in [1.165, 1.54) is 4.68 Å². The van der Waals surface area contributed by atoms with E-state index in [-0.39, 0.29) is 11.7 Å². The molecule has 1 unspecified atom stereocenters. The van der Waals surface area contributed by atoms with Gasteiger partial charge in [0.1, 0.15) is 17.2 Å². The first-order valence-electron chi connectivity index (χ1n) is 7.78. The van der Waals surface area contributed by atoms with E-state index < -0.39 is 5.92 Å². The molecule has 0 spiro atoms. The third kappa shape index (κ3) is 2.40. The van der Waals surface area contributed by atoms with Gasteiger partial charge in [-0.2, -0.15) is 13.9 Å². The molecule has 0 radical (unpaired) electrons. The number of halogens is 2. The monoisotopic (exact) mass is 320 g/mol. The number of aliphatic imine (C=N–C) groups is 1. The number of amidine groups is 1. The number of rotatable bonds is 2. The van der Waals surface area contributed by atoms with Gasteiger partial charge in [0.15, 0.2) is 0 Å². The largest absolute Gasteiger partial charge is 0.322 e. The van der Waals surface area contributed by atoms with Crippen molar-refractivity contribution in [2.75, 3.05) is 6.54 Å². The van der Waals surface area contributed by atoms with Crippen molar-refractivity contribution >= 4 is 11.5 Å². The van der Waals surface area contributed by atoms with Crippen LogP contribution in [0.15, 0.2) is 22.2 Å². The Labute approximate surface area is 135 Å². The second-order valence-corrected chi connectivity index (χ2v) is 6.61. The Balaban J connectivity index is 2.19. The Bertz CT molecular complexity index is 762. The number of fused-ring (bicyclic) bond motifs is 1. The number of hydrogen-bond donors (Lipinski definition) is 0. The molecule has 0 aromatic carbocycles. The third-order valence-corrected chi connectivity index (χ3v) is 4.40. The zero-order valence-electron chi connectivity index (χ0n) is 14.4. The van der Waals surface area contributed by atoms with Crippen LogP contribution in [0.25, 0.3) is 5.70 Å². The fourth-order valence-electron chi connectivity index (χ4n) is 3.64. The molecule has 2 aliphatic heterocycles. The molecular weight excluding hydrogens is 298 g/mol. The molecule has 0 saturated heterocycles. The van der Waals surface area contributed by atoms with E-state index in [1.54, 1.807) is 14.0 Å². The maximum Gasteiger partial charge on any atom is 0.286 e. The number of aryl methyl sites for hydroxylation is 1. The average Bonchev–Trinajstić information content (AvgIpc) is 2.90. The van der Waals surface area contributed by atoms with Gasteiger partial charge in [-0.15, -0.1) is 0 Å². The summed E-state index contributed by atoms with van der Waals surface area (Å²) in [5.74, 6) is -2.00. The average molecular weight is 320 g/mol. The summed E-state index contributed by atoms with van der Waals surface area (Å²) in [4.78, 5) is 6.78. The molecule has 0 bridgehead atoms. The summed E-state index contributed by atoms with van der Waals surface area (Å²) in [5.41, 5.74) is 4.13.